The molecule has 0 saturated heterocycles. The Kier molecular flexibility index (Phi) is 45.6. The van der Waals surface area contributed by atoms with Crippen molar-refractivity contribution in [3.8, 4) is 5.75 Å². The molecule has 2 nitrogen and oxygen atoms in total. The Hall–Kier alpha value is 4.37. The first-order valence-corrected chi connectivity index (χ1v) is 30.7. The zero-order chi connectivity index (χ0) is 72.8. The SMILES string of the molecule is Oc1cccc2c1CNC2.[B][B]B([B])B(B(B([B])[B])B([B])[B])B(B(B([B])[B])B([B])[B])B(B(B(B(B([B])[B])B([B])[B])B(B([B])[B])B([B])[B])B(B(B([B])[B])B([B])[B])B(B([B])[B])B([B])[B])B(B(B(B([B])[B])B([B])[B])B(B([B])[B])B([B])[B])B(B(B([B])[B])B([B])[B])B(B([B])[B])B([B])[B]. The number of nitrogens with one attached hydrogen (secondary N) is 1. The summed E-state index contributed by atoms with van der Waals surface area (Å²) in [6.45, 7) is 1.70. The first-order valence-electron chi connectivity index (χ1n) is 30.7. The van der Waals surface area contributed by atoms with Crippen molar-refractivity contribution < 1.29 is 5.11 Å². The quantitative estimate of drug-likeness (QED) is 0.0642. The minimum atomic E-state index is -1.97. The lowest BCUT2D eigenvalue weighted by Crippen LogP contribution is -3.00. The number of rotatable bonds is 40. The molecule has 1 aliphatic heterocycles. The van der Waals surface area contributed by atoms with Gasteiger partial charge in [-0.1, -0.05) is 12.1 Å². The van der Waals surface area contributed by atoms with E-state index in [0.717, 1.165) is 25.7 Å². The van der Waals surface area contributed by atoms with Gasteiger partial charge < -0.3 is 10.4 Å². The van der Waals surface area contributed by atoms with E-state index < -0.39 is 255 Å². The topological polar surface area (TPSA) is 32.3 Å². The molecule has 1 aromatic carbocycles. The van der Waals surface area contributed by atoms with Crippen molar-refractivity contribution in [2.24, 2.45) is 0 Å². The van der Waals surface area contributed by atoms with Crippen LogP contribution in [0.25, 0.3) is 0 Å². The number of hydrogen-bond acceptors (Lipinski definition) is 2. The summed E-state index contributed by atoms with van der Waals surface area (Å²) < 4.78 is 0. The van der Waals surface area contributed by atoms with Gasteiger partial charge in [0.15, 0.2) is 0 Å². The summed E-state index contributed by atoms with van der Waals surface area (Å²) in [6.07, 6.45) is -67.9. The van der Waals surface area contributed by atoms with Gasteiger partial charge in [0.05, 0.1) is 0 Å². The fraction of sp³-hybridized carbons (Fsp3) is 0.250. The molecule has 301 valence electrons. The van der Waals surface area contributed by atoms with Crippen LogP contribution < -0.4 is 5.32 Å². The number of fused-ring (bicyclic) bond motifs is 1. The van der Waals surface area contributed by atoms with Gasteiger partial charge in [-0.05, 0) is 11.6 Å². The van der Waals surface area contributed by atoms with Gasteiger partial charge in [-0.25, -0.2) is 0 Å². The predicted molar refractivity (Wildman–Crippen MR) is 516 cm³/mol. The van der Waals surface area contributed by atoms with E-state index in [-0.39, 0.29) is 0 Å². The lowest BCUT2D eigenvalue weighted by Gasteiger charge is -2.62. The van der Waals surface area contributed by atoms with Crippen molar-refractivity contribution in [3.63, 3.8) is 0 Å². The molecule has 0 aliphatic carbocycles. The standard InChI is InChI=1S/C8H9NO.B83/c10-8-3-1-2-6-4-9-5-7(6)8;1-43-64(42)75(65(44(2)3)45(4)5)80(74(62(38)39)63(40)41)83(81(76(66(46(6)7)47(8)9)67(48(10)11)49(12)13)77(68(50(14)15)51(16)17)69(52(18)19)53(20)21)82(78(70(54(22)23)55(24)25)71(56(26)27)57(28)29)79(72(58(30)31)59(32)33)73(60(34)35)61(36)37/h1-3,9-10H,4-5H2;. The molecule has 2 N–H and O–H groups in total. The molecule has 1 heterocycles. The monoisotopic (exact) mass is 1050 g/mol. The highest BCUT2D eigenvalue weighted by atomic mass is 16.3. The maximum atomic E-state index is 9.29. The van der Waals surface area contributed by atoms with Crippen LogP contribution in [0, 0.1) is 0 Å². The third-order valence-corrected chi connectivity index (χ3v) is 19.4. The van der Waals surface area contributed by atoms with Crippen LogP contribution in [0.1, 0.15) is 11.1 Å². The minimum absolute atomic E-state index is 0.419. The highest BCUT2D eigenvalue weighted by molar-refractivity contribution is 8.42. The summed E-state index contributed by atoms with van der Waals surface area (Å²) in [5, 5.41) is 12.5. The van der Waals surface area contributed by atoms with Gasteiger partial charge in [0, 0.05) is 606 Å². The van der Waals surface area contributed by atoms with Gasteiger partial charge in [-0.2, -0.15) is 0 Å². The Morgan fingerprint density at radius 1 is 0.237 bits per heavy atom. The van der Waals surface area contributed by atoms with Crippen LogP contribution in [-0.4, -0.2) is 593 Å². The molecule has 93 heavy (non-hydrogen) atoms. The fourth-order valence-electron chi connectivity index (χ4n) is 16.1. The van der Waals surface area contributed by atoms with Crippen LogP contribution in [0.3, 0.4) is 0 Å². The van der Waals surface area contributed by atoms with Gasteiger partial charge in [0.2, 0.25) is 0 Å². The van der Waals surface area contributed by atoms with Crippen molar-refractivity contribution in [3.05, 3.63) is 29.3 Å². The lowest BCUT2D eigenvalue weighted by molar-refractivity contribution is 0.468. The second-order valence-electron chi connectivity index (χ2n) is 25.8. The van der Waals surface area contributed by atoms with Crippen molar-refractivity contribution in [1.82, 2.24) is 5.32 Å². The summed E-state index contributed by atoms with van der Waals surface area (Å²) >= 11 is 0. The number of aromatic hydroxyl groups is 1. The van der Waals surface area contributed by atoms with E-state index in [1.165, 1.54) is 5.56 Å². The zero-order valence-corrected chi connectivity index (χ0v) is 53.5. The number of benzene rings is 1. The van der Waals surface area contributed by atoms with Gasteiger partial charge >= 0.3 is 0 Å². The van der Waals surface area contributed by atoms with Gasteiger partial charge in [-0.3, -0.25) is 0 Å². The second kappa shape index (κ2) is 44.5. The third kappa shape index (κ3) is 25.8. The first kappa shape index (κ1) is 95.4. The molecule has 1 aliphatic rings. The van der Waals surface area contributed by atoms with Crippen LogP contribution >= 0.6 is 0 Å². The highest BCUT2D eigenvalue weighted by Gasteiger charge is 2.66. The Morgan fingerprint density at radius 2 is 0.398 bits per heavy atom. The largest absolute Gasteiger partial charge is 0.508 e. The van der Waals surface area contributed by atoms with Crippen LogP contribution in [0.5, 0.6) is 5.75 Å². The molecule has 85 heteroatoms. The number of hydrogen-bond donors (Lipinski definition) is 2. The third-order valence-electron chi connectivity index (χ3n) is 19.4. The second-order valence-corrected chi connectivity index (χ2v) is 25.8. The minimum Gasteiger partial charge on any atom is -0.508 e. The van der Waals surface area contributed by atoms with Gasteiger partial charge in [0.25, 0.3) is 0 Å². The van der Waals surface area contributed by atoms with Crippen molar-refractivity contribution in [2.75, 3.05) is 0 Å². The molecule has 0 saturated carbocycles. The molecule has 0 amide bonds. The average molecular weight is 1030 g/mol. The lowest BCUT2D eigenvalue weighted by atomic mass is 8.20. The van der Waals surface area contributed by atoms with E-state index in [9.17, 15) is 5.11 Å². The Labute approximate surface area is 639 Å². The van der Waals surface area contributed by atoms with Gasteiger partial charge in [-0.15, -0.1) is 0 Å². The number of phenols is 1. The van der Waals surface area contributed by atoms with Crippen LogP contribution in [-0.2, 0) is 13.1 Å². The molecular formula is C8H9B83NO. The van der Waals surface area contributed by atoms with E-state index in [2.05, 4.69) is 5.32 Å². The Balaban J connectivity index is 0.00000387. The molecule has 2 rings (SSSR count). The molecule has 0 unspecified atom stereocenters. The fourth-order valence-corrected chi connectivity index (χ4v) is 16.1. The first-order chi connectivity index (χ1) is 42.7. The maximum absolute atomic E-state index is 9.29. The Morgan fingerprint density at radius 3 is 0.559 bits per heavy atom. The van der Waals surface area contributed by atoms with Crippen LogP contribution in [0.4, 0.5) is 0 Å². The summed E-state index contributed by atoms with van der Waals surface area (Å²) in [6, 6.07) is 5.64. The summed E-state index contributed by atoms with van der Waals surface area (Å²) in [7, 11) is 291. The van der Waals surface area contributed by atoms with E-state index in [0.29, 0.717) is 5.75 Å². The maximum Gasteiger partial charge on any atom is 0.120 e. The molecule has 1 aromatic rings. The van der Waals surface area contributed by atoms with E-state index in [1.807, 2.05) is 12.1 Å². The smallest absolute Gasteiger partial charge is 0.120 e. The summed E-state index contributed by atoms with van der Waals surface area (Å²) in [4.78, 5) is 0. The van der Waals surface area contributed by atoms with E-state index >= 15 is 0 Å². The predicted octanol–water partition coefficient (Wildman–Crippen LogP) is -30.6. The molecule has 0 fully saturated rings. The molecule has 0 aromatic heterocycles. The van der Waals surface area contributed by atoms with Crippen LogP contribution in [0.15, 0.2) is 18.2 Å². The Bertz CT molecular complexity index is 1800. The van der Waals surface area contributed by atoms with Gasteiger partial charge in [0.1, 0.15) is 5.75 Å². The highest BCUT2D eigenvalue weighted by Crippen LogP contribution is 2.29. The molecule has 0 spiro atoms. The van der Waals surface area contributed by atoms with Crippen molar-refractivity contribution in [1.29, 1.82) is 0 Å². The molecular weight excluding hydrogens is 1020 g/mol. The van der Waals surface area contributed by atoms with Crippen molar-refractivity contribution in [2.45, 2.75) is 13.1 Å². The molecule has 0 bridgehead atoms. The molecule has 85 radical (unpaired) electrons. The average Bonchev–Trinajstić information content (AvgIpc) is 1.18. The van der Waals surface area contributed by atoms with E-state index in [4.69, 9.17) is 325 Å². The molecule has 0 atom stereocenters. The summed E-state index contributed by atoms with van der Waals surface area (Å²) in [5.74, 6) is 0.419. The summed E-state index contributed by atoms with van der Waals surface area (Å²) in [5.41, 5.74) is 2.28. The van der Waals surface area contributed by atoms with Crippen molar-refractivity contribution >= 4 is 587 Å². The number of phenolic OH excluding ortho intramolecular Hbond substituents is 1. The normalized spacial score (nSPS) is 10.4. The zero-order valence-electron chi connectivity index (χ0n) is 53.5. The van der Waals surface area contributed by atoms with E-state index in [1.54, 1.807) is 6.07 Å². The van der Waals surface area contributed by atoms with Crippen LogP contribution in [0.2, 0.25) is 0 Å².